The molecule has 0 unspecified atom stereocenters. The molecule has 0 atom stereocenters. The van der Waals surface area contributed by atoms with Gasteiger partial charge in [-0.3, -0.25) is 5.10 Å². The summed E-state index contributed by atoms with van der Waals surface area (Å²) in [4.78, 5) is 0. The highest BCUT2D eigenvalue weighted by Gasteiger charge is 2.00. The van der Waals surface area contributed by atoms with Gasteiger partial charge >= 0.3 is 0 Å². The molecule has 13 heavy (non-hydrogen) atoms. The van der Waals surface area contributed by atoms with Gasteiger partial charge in [-0.05, 0) is 46.4 Å². The van der Waals surface area contributed by atoms with Gasteiger partial charge in [0.1, 0.15) is 3.70 Å². The van der Waals surface area contributed by atoms with E-state index < -0.39 is 0 Å². The largest absolute Gasteiger partial charge is 0.277 e. The molecular formula is C9H6ClIN2. The van der Waals surface area contributed by atoms with Gasteiger partial charge in [-0.15, -0.1) is 0 Å². The van der Waals surface area contributed by atoms with Gasteiger partial charge in [0.25, 0.3) is 0 Å². The van der Waals surface area contributed by atoms with E-state index in [1.807, 2.05) is 30.3 Å². The van der Waals surface area contributed by atoms with Crippen LogP contribution in [0.25, 0.3) is 11.3 Å². The average molecular weight is 305 g/mol. The molecule has 2 aromatic rings. The number of aromatic nitrogens is 2. The fraction of sp³-hybridized carbons (Fsp3) is 0. The van der Waals surface area contributed by atoms with E-state index in [2.05, 4.69) is 32.8 Å². The predicted octanol–water partition coefficient (Wildman–Crippen LogP) is 3.33. The molecule has 66 valence electrons. The Kier molecular flexibility index (Phi) is 2.55. The molecule has 2 rings (SSSR count). The fourth-order valence-corrected chi connectivity index (χ4v) is 1.63. The van der Waals surface area contributed by atoms with Crippen molar-refractivity contribution in [2.75, 3.05) is 0 Å². The third-order valence-corrected chi connectivity index (χ3v) is 2.51. The first-order valence-electron chi connectivity index (χ1n) is 3.72. The van der Waals surface area contributed by atoms with Crippen LogP contribution in [0.15, 0.2) is 30.3 Å². The van der Waals surface area contributed by atoms with Gasteiger partial charge in [0.15, 0.2) is 0 Å². The van der Waals surface area contributed by atoms with Gasteiger partial charge in [-0.1, -0.05) is 23.7 Å². The number of rotatable bonds is 1. The summed E-state index contributed by atoms with van der Waals surface area (Å²) in [6.45, 7) is 0. The van der Waals surface area contributed by atoms with Crippen LogP contribution in [-0.4, -0.2) is 10.2 Å². The number of nitrogens with one attached hydrogen (secondary N) is 1. The molecule has 0 bridgehead atoms. The lowest BCUT2D eigenvalue weighted by atomic mass is 10.2. The highest BCUT2D eigenvalue weighted by molar-refractivity contribution is 14.1. The SMILES string of the molecule is Clc1ccc(-c2cc(I)n[nH]2)cc1. The molecule has 0 amide bonds. The maximum Gasteiger partial charge on any atom is 0.123 e. The number of aromatic amines is 1. The van der Waals surface area contributed by atoms with Crippen molar-refractivity contribution < 1.29 is 0 Å². The molecule has 1 N–H and O–H groups in total. The number of hydrogen-bond acceptors (Lipinski definition) is 1. The minimum atomic E-state index is 0.748. The van der Waals surface area contributed by atoms with Crippen LogP contribution in [0.4, 0.5) is 0 Å². The smallest absolute Gasteiger partial charge is 0.123 e. The molecule has 0 spiro atoms. The predicted molar refractivity (Wildman–Crippen MR) is 61.8 cm³/mol. The Labute approximate surface area is 94.5 Å². The van der Waals surface area contributed by atoms with Crippen molar-refractivity contribution in [3.8, 4) is 11.3 Å². The maximum atomic E-state index is 5.78. The van der Waals surface area contributed by atoms with Crippen LogP contribution in [0.5, 0.6) is 0 Å². The van der Waals surface area contributed by atoms with E-state index in [-0.39, 0.29) is 0 Å². The van der Waals surface area contributed by atoms with Crippen LogP contribution in [0.3, 0.4) is 0 Å². The third-order valence-electron chi connectivity index (χ3n) is 1.70. The van der Waals surface area contributed by atoms with Gasteiger partial charge in [0, 0.05) is 5.02 Å². The normalized spacial score (nSPS) is 10.3. The van der Waals surface area contributed by atoms with Crippen molar-refractivity contribution in [2.24, 2.45) is 0 Å². The topological polar surface area (TPSA) is 28.7 Å². The summed E-state index contributed by atoms with van der Waals surface area (Å²) in [7, 11) is 0. The summed E-state index contributed by atoms with van der Waals surface area (Å²) in [6, 6.07) is 9.65. The zero-order chi connectivity index (χ0) is 9.26. The number of H-pyrrole nitrogens is 1. The van der Waals surface area contributed by atoms with Crippen molar-refractivity contribution >= 4 is 34.2 Å². The molecular weight excluding hydrogens is 298 g/mol. The van der Waals surface area contributed by atoms with Gasteiger partial charge in [0.05, 0.1) is 5.69 Å². The first-order chi connectivity index (χ1) is 6.25. The van der Waals surface area contributed by atoms with Crippen LogP contribution in [-0.2, 0) is 0 Å². The summed E-state index contributed by atoms with van der Waals surface area (Å²) >= 11 is 7.94. The van der Waals surface area contributed by atoms with E-state index in [1.165, 1.54) is 0 Å². The zero-order valence-electron chi connectivity index (χ0n) is 6.59. The Bertz CT molecular complexity index is 408. The van der Waals surface area contributed by atoms with Crippen LogP contribution >= 0.6 is 34.2 Å². The molecule has 0 aliphatic heterocycles. The molecule has 1 aromatic heterocycles. The van der Waals surface area contributed by atoms with E-state index in [4.69, 9.17) is 11.6 Å². The van der Waals surface area contributed by atoms with Crippen LogP contribution in [0.2, 0.25) is 5.02 Å². The Balaban J connectivity index is 2.41. The van der Waals surface area contributed by atoms with Gasteiger partial charge in [-0.2, -0.15) is 5.10 Å². The molecule has 0 aliphatic rings. The Morgan fingerprint density at radius 3 is 2.46 bits per heavy atom. The third kappa shape index (κ3) is 2.03. The minimum Gasteiger partial charge on any atom is -0.277 e. The molecule has 0 saturated heterocycles. The number of halogens is 2. The molecule has 1 aromatic carbocycles. The van der Waals surface area contributed by atoms with E-state index in [0.29, 0.717) is 0 Å². The second-order valence-corrected chi connectivity index (χ2v) is 4.15. The summed E-state index contributed by atoms with van der Waals surface area (Å²) in [6.07, 6.45) is 0. The van der Waals surface area contributed by atoms with Crippen molar-refractivity contribution in [2.45, 2.75) is 0 Å². The maximum absolute atomic E-state index is 5.78. The number of hydrogen-bond donors (Lipinski definition) is 1. The minimum absolute atomic E-state index is 0.748. The molecule has 0 fully saturated rings. The van der Waals surface area contributed by atoms with Crippen molar-refractivity contribution in [1.82, 2.24) is 10.2 Å². The van der Waals surface area contributed by atoms with Gasteiger partial charge in [0.2, 0.25) is 0 Å². The Hall–Kier alpha value is -0.550. The lowest BCUT2D eigenvalue weighted by molar-refractivity contribution is 1.07. The summed E-state index contributed by atoms with van der Waals surface area (Å²) in [5, 5.41) is 7.73. The van der Waals surface area contributed by atoms with Crippen molar-refractivity contribution in [3.05, 3.63) is 39.1 Å². The highest BCUT2D eigenvalue weighted by atomic mass is 127. The van der Waals surface area contributed by atoms with E-state index in [1.54, 1.807) is 0 Å². The fourth-order valence-electron chi connectivity index (χ4n) is 1.07. The Morgan fingerprint density at radius 2 is 1.92 bits per heavy atom. The summed E-state index contributed by atoms with van der Waals surface area (Å²) < 4.78 is 0.961. The van der Waals surface area contributed by atoms with Crippen LogP contribution < -0.4 is 0 Å². The standard InChI is InChI=1S/C9H6ClIN2/c10-7-3-1-6(2-4-7)8-5-9(11)13-12-8/h1-5H,(H,12,13). The van der Waals surface area contributed by atoms with E-state index in [0.717, 1.165) is 20.0 Å². The van der Waals surface area contributed by atoms with Crippen LogP contribution in [0, 0.1) is 3.70 Å². The monoisotopic (exact) mass is 304 g/mol. The van der Waals surface area contributed by atoms with Gasteiger partial charge < -0.3 is 0 Å². The van der Waals surface area contributed by atoms with E-state index >= 15 is 0 Å². The number of nitrogens with zero attached hydrogens (tertiary/aromatic N) is 1. The average Bonchev–Trinajstić information content (AvgIpc) is 2.53. The summed E-state index contributed by atoms with van der Waals surface area (Å²) in [5.74, 6) is 0. The second-order valence-electron chi connectivity index (χ2n) is 2.61. The summed E-state index contributed by atoms with van der Waals surface area (Å²) in [5.41, 5.74) is 2.11. The van der Waals surface area contributed by atoms with Crippen molar-refractivity contribution in [1.29, 1.82) is 0 Å². The van der Waals surface area contributed by atoms with Crippen molar-refractivity contribution in [3.63, 3.8) is 0 Å². The molecule has 0 radical (unpaired) electrons. The zero-order valence-corrected chi connectivity index (χ0v) is 9.50. The lowest BCUT2D eigenvalue weighted by Gasteiger charge is -1.95. The molecule has 0 aliphatic carbocycles. The first kappa shape index (κ1) is 9.02. The highest BCUT2D eigenvalue weighted by Crippen LogP contribution is 2.20. The first-order valence-corrected chi connectivity index (χ1v) is 5.18. The molecule has 4 heteroatoms. The van der Waals surface area contributed by atoms with E-state index in [9.17, 15) is 0 Å². The number of benzene rings is 1. The lowest BCUT2D eigenvalue weighted by Crippen LogP contribution is -1.76. The molecule has 1 heterocycles. The van der Waals surface area contributed by atoms with Gasteiger partial charge in [-0.25, -0.2) is 0 Å². The quantitative estimate of drug-likeness (QED) is 0.804. The van der Waals surface area contributed by atoms with Crippen LogP contribution in [0.1, 0.15) is 0 Å². The Morgan fingerprint density at radius 1 is 1.23 bits per heavy atom. The molecule has 0 saturated carbocycles. The second kappa shape index (κ2) is 3.67. The molecule has 2 nitrogen and oxygen atoms in total.